The predicted octanol–water partition coefficient (Wildman–Crippen LogP) is 3.37. The van der Waals surface area contributed by atoms with Crippen LogP contribution in [0, 0.1) is 0 Å². The molecule has 0 aliphatic carbocycles. The zero-order valence-electron chi connectivity index (χ0n) is 14.1. The van der Waals surface area contributed by atoms with Crippen molar-refractivity contribution in [1.29, 1.82) is 0 Å². The first-order valence-corrected chi connectivity index (χ1v) is 8.16. The molecule has 0 aliphatic rings. The molecule has 0 bridgehead atoms. The van der Waals surface area contributed by atoms with Crippen molar-refractivity contribution in [2.75, 3.05) is 0 Å². The van der Waals surface area contributed by atoms with E-state index in [1.54, 1.807) is 31.2 Å². The van der Waals surface area contributed by atoms with Crippen LogP contribution in [-0.2, 0) is 16.0 Å². The quantitative estimate of drug-likeness (QED) is 0.794. The second-order valence-electron chi connectivity index (χ2n) is 5.85. The average molecular weight is 325 g/mol. The van der Waals surface area contributed by atoms with Crippen LogP contribution >= 0.6 is 0 Å². The maximum absolute atomic E-state index is 12.1. The van der Waals surface area contributed by atoms with E-state index in [1.807, 2.05) is 31.2 Å². The van der Waals surface area contributed by atoms with Gasteiger partial charge < -0.3 is 10.1 Å². The molecule has 2 aromatic rings. The number of rotatable bonds is 7. The van der Waals surface area contributed by atoms with E-state index < -0.39 is 12.1 Å². The molecule has 126 valence electrons. The Morgan fingerprint density at radius 3 is 2.17 bits per heavy atom. The van der Waals surface area contributed by atoms with Crippen LogP contribution in [0.2, 0.25) is 0 Å². The first-order valence-electron chi connectivity index (χ1n) is 8.16. The van der Waals surface area contributed by atoms with Gasteiger partial charge in [-0.25, -0.2) is 4.79 Å². The Bertz CT molecular complexity index is 655. The fourth-order valence-corrected chi connectivity index (χ4v) is 2.32. The van der Waals surface area contributed by atoms with Gasteiger partial charge in [0.25, 0.3) is 5.91 Å². The largest absolute Gasteiger partial charge is 0.449 e. The lowest BCUT2D eigenvalue weighted by atomic mass is 10.1. The highest BCUT2D eigenvalue weighted by molar-refractivity contribution is 5.92. The average Bonchev–Trinajstić information content (AvgIpc) is 2.61. The van der Waals surface area contributed by atoms with Gasteiger partial charge >= 0.3 is 5.97 Å². The van der Waals surface area contributed by atoms with Crippen molar-refractivity contribution in [3.8, 4) is 0 Å². The molecule has 0 radical (unpaired) electrons. The van der Waals surface area contributed by atoms with Crippen LogP contribution in [-0.4, -0.2) is 24.0 Å². The third kappa shape index (κ3) is 5.54. The summed E-state index contributed by atoms with van der Waals surface area (Å²) in [5.41, 5.74) is 1.68. The standard InChI is InChI=1S/C20H23NO3/c1-15(13-14-17-9-5-3-6-10-17)21-19(22)16(2)24-20(23)18-11-7-4-8-12-18/h3-12,15-16H,13-14H2,1-2H3,(H,21,22)/t15-,16+/m1/s1. The number of carbonyl (C=O) groups is 2. The molecule has 24 heavy (non-hydrogen) atoms. The first kappa shape index (κ1) is 17.7. The van der Waals surface area contributed by atoms with Gasteiger partial charge in [-0.1, -0.05) is 48.5 Å². The minimum Gasteiger partial charge on any atom is -0.449 e. The molecule has 4 heteroatoms. The number of hydrogen-bond acceptors (Lipinski definition) is 3. The van der Waals surface area contributed by atoms with Gasteiger partial charge in [0.1, 0.15) is 0 Å². The number of nitrogens with one attached hydrogen (secondary N) is 1. The van der Waals surface area contributed by atoms with E-state index in [2.05, 4.69) is 17.4 Å². The first-order chi connectivity index (χ1) is 11.6. The molecular weight excluding hydrogens is 302 g/mol. The van der Waals surface area contributed by atoms with Gasteiger partial charge in [-0.15, -0.1) is 0 Å². The molecule has 0 spiro atoms. The van der Waals surface area contributed by atoms with Gasteiger partial charge in [0.15, 0.2) is 6.10 Å². The van der Waals surface area contributed by atoms with E-state index in [0.29, 0.717) is 5.56 Å². The van der Waals surface area contributed by atoms with E-state index >= 15 is 0 Å². The molecule has 2 aromatic carbocycles. The summed E-state index contributed by atoms with van der Waals surface area (Å²) >= 11 is 0. The Balaban J connectivity index is 1.77. The lowest BCUT2D eigenvalue weighted by Crippen LogP contribution is -2.41. The van der Waals surface area contributed by atoms with Gasteiger partial charge in [0.05, 0.1) is 5.56 Å². The molecule has 2 rings (SSSR count). The van der Waals surface area contributed by atoms with Gasteiger partial charge in [0, 0.05) is 6.04 Å². The normalized spacial score (nSPS) is 12.9. The minimum absolute atomic E-state index is 0.00980. The van der Waals surface area contributed by atoms with Gasteiger partial charge in [0.2, 0.25) is 0 Å². The molecule has 4 nitrogen and oxygen atoms in total. The number of esters is 1. The Hall–Kier alpha value is -2.62. The van der Waals surface area contributed by atoms with Crippen LogP contribution in [0.25, 0.3) is 0 Å². The zero-order chi connectivity index (χ0) is 17.4. The maximum atomic E-state index is 12.1. The molecule has 0 unspecified atom stereocenters. The van der Waals surface area contributed by atoms with Crippen LogP contribution < -0.4 is 5.32 Å². The summed E-state index contributed by atoms with van der Waals surface area (Å²) in [5, 5.41) is 2.89. The SMILES string of the molecule is C[C@H](CCc1ccccc1)NC(=O)[C@H](C)OC(=O)c1ccccc1. The minimum atomic E-state index is -0.822. The highest BCUT2D eigenvalue weighted by Gasteiger charge is 2.20. The molecule has 0 heterocycles. The van der Waals surface area contributed by atoms with E-state index in [4.69, 9.17) is 4.74 Å². The molecule has 0 aromatic heterocycles. The van der Waals surface area contributed by atoms with Crippen molar-refractivity contribution in [3.05, 3.63) is 71.8 Å². The van der Waals surface area contributed by atoms with Crippen molar-refractivity contribution >= 4 is 11.9 Å². The van der Waals surface area contributed by atoms with E-state index in [1.165, 1.54) is 5.56 Å². The second kappa shape index (κ2) is 8.87. The highest BCUT2D eigenvalue weighted by Crippen LogP contribution is 2.07. The van der Waals surface area contributed by atoms with Gasteiger partial charge in [-0.05, 0) is 44.4 Å². The smallest absolute Gasteiger partial charge is 0.338 e. The summed E-state index contributed by atoms with van der Waals surface area (Å²) in [5.74, 6) is -0.768. The zero-order valence-corrected chi connectivity index (χ0v) is 14.1. The molecule has 0 aliphatic heterocycles. The summed E-state index contributed by atoms with van der Waals surface area (Å²) in [6.07, 6.45) is 0.896. The van der Waals surface area contributed by atoms with Crippen molar-refractivity contribution in [2.24, 2.45) is 0 Å². The lowest BCUT2D eigenvalue weighted by Gasteiger charge is -2.18. The van der Waals surface area contributed by atoms with E-state index in [9.17, 15) is 9.59 Å². The summed E-state index contributed by atoms with van der Waals surface area (Å²) in [6.45, 7) is 3.53. The Morgan fingerprint density at radius 2 is 1.54 bits per heavy atom. The van der Waals surface area contributed by atoms with Crippen molar-refractivity contribution in [2.45, 2.75) is 38.8 Å². The van der Waals surface area contributed by atoms with Crippen LogP contribution in [0.1, 0.15) is 36.2 Å². The van der Waals surface area contributed by atoms with E-state index in [-0.39, 0.29) is 11.9 Å². The Labute approximate surface area is 142 Å². The highest BCUT2D eigenvalue weighted by atomic mass is 16.5. The van der Waals surface area contributed by atoms with Crippen LogP contribution in [0.3, 0.4) is 0 Å². The Morgan fingerprint density at radius 1 is 0.958 bits per heavy atom. The van der Waals surface area contributed by atoms with E-state index in [0.717, 1.165) is 12.8 Å². The number of hydrogen-bond donors (Lipinski definition) is 1. The fourth-order valence-electron chi connectivity index (χ4n) is 2.32. The predicted molar refractivity (Wildman–Crippen MR) is 93.7 cm³/mol. The lowest BCUT2D eigenvalue weighted by molar-refractivity contribution is -0.129. The molecule has 0 saturated heterocycles. The van der Waals surface area contributed by atoms with Crippen LogP contribution in [0.4, 0.5) is 0 Å². The van der Waals surface area contributed by atoms with Crippen molar-refractivity contribution in [3.63, 3.8) is 0 Å². The maximum Gasteiger partial charge on any atom is 0.338 e. The second-order valence-corrected chi connectivity index (χ2v) is 5.85. The molecule has 1 amide bonds. The fraction of sp³-hybridized carbons (Fsp3) is 0.300. The summed E-state index contributed by atoms with van der Waals surface area (Å²) in [4.78, 5) is 24.1. The molecule has 2 atom stereocenters. The van der Waals surface area contributed by atoms with Crippen LogP contribution in [0.5, 0.6) is 0 Å². The number of carbonyl (C=O) groups excluding carboxylic acids is 2. The monoisotopic (exact) mass is 325 g/mol. The number of benzene rings is 2. The van der Waals surface area contributed by atoms with Gasteiger partial charge in [-0.2, -0.15) is 0 Å². The summed E-state index contributed by atoms with van der Waals surface area (Å²) in [7, 11) is 0. The van der Waals surface area contributed by atoms with Crippen molar-refractivity contribution < 1.29 is 14.3 Å². The third-order valence-corrected chi connectivity index (χ3v) is 3.76. The molecule has 0 fully saturated rings. The molecule has 0 saturated carbocycles. The molecule has 1 N–H and O–H groups in total. The number of ether oxygens (including phenoxy) is 1. The number of aryl methyl sites for hydroxylation is 1. The van der Waals surface area contributed by atoms with Crippen LogP contribution in [0.15, 0.2) is 60.7 Å². The molecular formula is C20H23NO3. The van der Waals surface area contributed by atoms with Gasteiger partial charge in [-0.3, -0.25) is 4.79 Å². The summed E-state index contributed by atoms with van der Waals surface area (Å²) in [6, 6.07) is 18.8. The van der Waals surface area contributed by atoms with Crippen molar-refractivity contribution in [1.82, 2.24) is 5.32 Å². The third-order valence-electron chi connectivity index (χ3n) is 3.76. The summed E-state index contributed by atoms with van der Waals surface area (Å²) < 4.78 is 5.21. The Kier molecular flexibility index (Phi) is 6.55. The number of amides is 1. The topological polar surface area (TPSA) is 55.4 Å².